The lowest BCUT2D eigenvalue weighted by molar-refractivity contribution is 0.295. The summed E-state index contributed by atoms with van der Waals surface area (Å²) >= 11 is 12.7. The summed E-state index contributed by atoms with van der Waals surface area (Å²) in [6.07, 6.45) is 0. The lowest BCUT2D eigenvalue weighted by atomic mass is 9.84. The van der Waals surface area contributed by atoms with Crippen LogP contribution in [0.25, 0.3) is 0 Å². The summed E-state index contributed by atoms with van der Waals surface area (Å²) in [5.41, 5.74) is 1.99. The second-order valence-corrected chi connectivity index (χ2v) is 7.64. The van der Waals surface area contributed by atoms with E-state index in [1.54, 1.807) is 6.07 Å². The number of hydrogen-bond acceptors (Lipinski definition) is 5. The van der Waals surface area contributed by atoms with Crippen LogP contribution in [0, 0.1) is 0 Å². The summed E-state index contributed by atoms with van der Waals surface area (Å²) in [4.78, 5) is 25.2. The van der Waals surface area contributed by atoms with Crippen molar-refractivity contribution in [3.05, 3.63) is 83.6 Å². The van der Waals surface area contributed by atoms with Gasteiger partial charge in [-0.3, -0.25) is 9.59 Å². The average Bonchev–Trinajstić information content (AvgIpc) is 2.65. The first-order valence-electron chi connectivity index (χ1n) is 8.41. The van der Waals surface area contributed by atoms with Gasteiger partial charge in [0.05, 0.1) is 0 Å². The summed E-state index contributed by atoms with van der Waals surface area (Å²) in [5, 5.41) is 13.8. The first-order valence-corrected chi connectivity index (χ1v) is 9.17. The summed E-state index contributed by atoms with van der Waals surface area (Å²) < 4.78 is 0. The van der Waals surface area contributed by atoms with Gasteiger partial charge in [0.2, 0.25) is 0 Å². The van der Waals surface area contributed by atoms with Crippen molar-refractivity contribution in [3.8, 4) is 5.75 Å². The van der Waals surface area contributed by atoms with E-state index < -0.39 is 16.6 Å². The maximum absolute atomic E-state index is 11.7. The minimum absolute atomic E-state index is 0. The molecule has 2 N–H and O–H groups in total. The Hall–Kier alpha value is -1.76. The molecular weight excluding hydrogens is 458 g/mol. The van der Waals surface area contributed by atoms with Crippen LogP contribution in [0.15, 0.2) is 46.0 Å². The Bertz CT molecular complexity index is 1130. The van der Waals surface area contributed by atoms with Crippen LogP contribution >= 0.6 is 48.0 Å². The van der Waals surface area contributed by atoms with Crippen LogP contribution in [0.4, 0.5) is 11.4 Å². The molecule has 0 aliphatic carbocycles. The van der Waals surface area contributed by atoms with Gasteiger partial charge in [0.15, 0.2) is 5.75 Å². The van der Waals surface area contributed by atoms with E-state index in [9.17, 15) is 14.7 Å². The van der Waals surface area contributed by atoms with Crippen LogP contribution in [-0.4, -0.2) is 23.6 Å². The molecule has 0 aromatic heterocycles. The van der Waals surface area contributed by atoms with Gasteiger partial charge >= 0.3 is 0 Å². The first kappa shape index (κ1) is 23.5. The van der Waals surface area contributed by atoms with E-state index in [1.165, 1.54) is 0 Å². The van der Waals surface area contributed by atoms with Crippen LogP contribution in [0.1, 0.15) is 22.6 Å². The van der Waals surface area contributed by atoms with E-state index in [-0.39, 0.29) is 36.4 Å². The van der Waals surface area contributed by atoms with Crippen molar-refractivity contribution in [2.75, 3.05) is 18.9 Å². The maximum atomic E-state index is 11.7. The molecule has 0 amide bonds. The normalized spacial score (nSPS) is 15.9. The van der Waals surface area contributed by atoms with Gasteiger partial charge in [-0.1, -0.05) is 41.4 Å². The minimum Gasteiger partial charge on any atom is -0.502 e. The lowest BCUT2D eigenvalue weighted by Gasteiger charge is -2.34. The first-order chi connectivity index (χ1) is 12.9. The van der Waals surface area contributed by atoms with Gasteiger partial charge in [0, 0.05) is 34.7 Å². The molecule has 0 saturated carbocycles. The Morgan fingerprint density at radius 1 is 1.07 bits per heavy atom. The number of para-hydroxylation sites is 1. The zero-order valence-electron chi connectivity index (χ0n) is 15.2. The molecule has 0 fully saturated rings. The number of halogens is 4. The zero-order valence-corrected chi connectivity index (χ0v) is 18.4. The van der Waals surface area contributed by atoms with Gasteiger partial charge in [0.1, 0.15) is 5.69 Å². The second-order valence-electron chi connectivity index (χ2n) is 6.80. The number of nitrogens with zero attached hydrogens (tertiary/aromatic N) is 1. The fraction of sp³-hybridized carbons (Fsp3) is 0.200. The summed E-state index contributed by atoms with van der Waals surface area (Å²) in [5.74, 6) is -0.561. The fourth-order valence-corrected chi connectivity index (χ4v) is 4.23. The van der Waals surface area contributed by atoms with Crippen molar-refractivity contribution >= 4 is 59.4 Å². The topological polar surface area (TPSA) is 69.6 Å². The molecule has 1 aliphatic heterocycles. The van der Waals surface area contributed by atoms with Crippen LogP contribution in [0.2, 0.25) is 10.0 Å². The molecule has 4 rings (SSSR count). The summed E-state index contributed by atoms with van der Waals surface area (Å²) in [6.45, 7) is 1.45. The molecule has 3 aromatic rings. The van der Waals surface area contributed by atoms with Gasteiger partial charge in [-0.25, -0.2) is 0 Å². The molecule has 1 atom stereocenters. The van der Waals surface area contributed by atoms with E-state index in [0.29, 0.717) is 15.7 Å². The molecule has 9 heteroatoms. The molecule has 0 spiro atoms. The number of benzene rings is 2. The highest BCUT2D eigenvalue weighted by Crippen LogP contribution is 2.41. The van der Waals surface area contributed by atoms with Gasteiger partial charge in [-0.2, -0.15) is 0 Å². The third kappa shape index (κ3) is 4.11. The number of hydrogen-bond donors (Lipinski definition) is 2. The minimum atomic E-state index is -0.865. The molecule has 29 heavy (non-hydrogen) atoms. The molecule has 0 saturated heterocycles. The van der Waals surface area contributed by atoms with Crippen molar-refractivity contribution in [2.24, 2.45) is 0 Å². The van der Waals surface area contributed by atoms with Crippen molar-refractivity contribution in [2.45, 2.75) is 12.5 Å². The molecule has 1 unspecified atom stereocenters. The van der Waals surface area contributed by atoms with E-state index in [1.807, 2.05) is 37.4 Å². The van der Waals surface area contributed by atoms with Gasteiger partial charge < -0.3 is 15.3 Å². The predicted molar refractivity (Wildman–Crippen MR) is 122 cm³/mol. The summed E-state index contributed by atoms with van der Waals surface area (Å²) in [7, 11) is 2.01. The smallest absolute Gasteiger partial charge is 0.271 e. The number of fused-ring (bicyclic) bond motifs is 1. The highest BCUT2D eigenvalue weighted by Gasteiger charge is 2.29. The molecule has 3 aromatic carbocycles. The van der Waals surface area contributed by atoms with Crippen molar-refractivity contribution < 1.29 is 5.11 Å². The zero-order chi connectivity index (χ0) is 19.3. The highest BCUT2D eigenvalue weighted by atomic mass is 35.5. The van der Waals surface area contributed by atoms with E-state index in [2.05, 4.69) is 10.2 Å². The molecular formula is C20H18Cl4N2O3. The Morgan fingerprint density at radius 2 is 1.76 bits per heavy atom. The monoisotopic (exact) mass is 474 g/mol. The molecule has 5 nitrogen and oxygen atoms in total. The predicted octanol–water partition coefficient (Wildman–Crippen LogP) is 4.46. The Labute approximate surface area is 189 Å². The SMILES string of the molecule is CN1Cc2c(Cl)cc(Cl)cc2C(c2ccccc2Nc2c(O)c(=O)c2=O)C1.Cl.Cl. The third-order valence-corrected chi connectivity index (χ3v) is 5.53. The van der Waals surface area contributed by atoms with Crippen LogP contribution in [0.3, 0.4) is 0 Å². The molecule has 0 bridgehead atoms. The number of nitrogens with one attached hydrogen (secondary N) is 1. The van der Waals surface area contributed by atoms with Crippen LogP contribution < -0.4 is 16.2 Å². The Balaban J connectivity index is 0.00000150. The molecule has 154 valence electrons. The average molecular weight is 476 g/mol. The van der Waals surface area contributed by atoms with Crippen molar-refractivity contribution in [1.29, 1.82) is 0 Å². The molecule has 1 heterocycles. The number of likely N-dealkylation sites (N-methyl/N-ethyl adjacent to an activating group) is 1. The van der Waals surface area contributed by atoms with Crippen molar-refractivity contribution in [1.82, 2.24) is 4.90 Å². The van der Waals surface area contributed by atoms with Crippen LogP contribution in [0.5, 0.6) is 5.75 Å². The van der Waals surface area contributed by atoms with E-state index >= 15 is 0 Å². The number of aromatic hydroxyl groups is 1. The van der Waals surface area contributed by atoms with Gasteiger partial charge in [0.25, 0.3) is 10.9 Å². The standard InChI is InChI=1S/C20H16Cl2N2O3.2ClH/c1-24-8-13(12-6-10(21)7-15(22)14(12)9-24)11-4-2-3-5-16(11)23-17-18(25)20(27)19(17)26;;/h2-7,13,23,25H,8-9H2,1H3;2*1H. The second kappa shape index (κ2) is 8.94. The fourth-order valence-electron chi connectivity index (χ4n) is 3.66. The number of anilines is 2. The number of rotatable bonds is 3. The highest BCUT2D eigenvalue weighted by molar-refractivity contribution is 6.35. The largest absolute Gasteiger partial charge is 0.502 e. The van der Waals surface area contributed by atoms with Crippen molar-refractivity contribution in [3.63, 3.8) is 0 Å². The molecule has 1 aliphatic rings. The van der Waals surface area contributed by atoms with E-state index in [4.69, 9.17) is 23.2 Å². The quantitative estimate of drug-likeness (QED) is 0.547. The van der Waals surface area contributed by atoms with Crippen LogP contribution in [-0.2, 0) is 6.54 Å². The van der Waals surface area contributed by atoms with E-state index in [0.717, 1.165) is 29.8 Å². The van der Waals surface area contributed by atoms with Gasteiger partial charge in [-0.15, -0.1) is 24.8 Å². The maximum Gasteiger partial charge on any atom is 0.271 e. The summed E-state index contributed by atoms with van der Waals surface area (Å²) in [6, 6.07) is 11.2. The Kier molecular flexibility index (Phi) is 7.25. The molecule has 0 radical (unpaired) electrons. The van der Waals surface area contributed by atoms with Gasteiger partial charge in [-0.05, 0) is 41.9 Å². The third-order valence-electron chi connectivity index (χ3n) is 4.97. The Morgan fingerprint density at radius 3 is 2.45 bits per heavy atom. The lowest BCUT2D eigenvalue weighted by Crippen LogP contribution is -2.33.